The summed E-state index contributed by atoms with van der Waals surface area (Å²) >= 11 is 1.65. The minimum atomic E-state index is -0.378. The molecule has 2 amide bonds. The highest BCUT2D eigenvalue weighted by Crippen LogP contribution is 2.22. The van der Waals surface area contributed by atoms with Crippen LogP contribution >= 0.6 is 11.3 Å². The zero-order chi connectivity index (χ0) is 13.3. The Morgan fingerprint density at radius 1 is 1.39 bits per heavy atom. The van der Waals surface area contributed by atoms with Gasteiger partial charge in [-0.05, 0) is 32.2 Å². The fourth-order valence-corrected chi connectivity index (χ4v) is 2.99. The molecular formula is C13H18N2O2S. The molecule has 1 aromatic heterocycles. The molecule has 0 aliphatic carbocycles. The van der Waals surface area contributed by atoms with Crippen LogP contribution in [0.15, 0.2) is 17.5 Å². The first kappa shape index (κ1) is 13.2. The maximum Gasteiger partial charge on any atom is 0.247 e. The summed E-state index contributed by atoms with van der Waals surface area (Å²) in [5, 5.41) is 5.25. The van der Waals surface area contributed by atoms with Crippen LogP contribution in [0.2, 0.25) is 0 Å². The molecule has 1 aromatic rings. The number of hydrogen-bond donors (Lipinski definition) is 1. The number of imide groups is 1. The Kier molecular flexibility index (Phi) is 3.82. The Morgan fingerprint density at radius 2 is 2.11 bits per heavy atom. The molecule has 1 aliphatic heterocycles. The van der Waals surface area contributed by atoms with Crippen molar-refractivity contribution in [1.82, 2.24) is 10.2 Å². The van der Waals surface area contributed by atoms with Crippen LogP contribution in [0.1, 0.15) is 38.1 Å². The monoisotopic (exact) mass is 266 g/mol. The summed E-state index contributed by atoms with van der Waals surface area (Å²) in [4.78, 5) is 26.4. The minimum absolute atomic E-state index is 0.0613. The van der Waals surface area contributed by atoms with E-state index in [1.165, 1.54) is 9.78 Å². The van der Waals surface area contributed by atoms with Crippen LogP contribution in [0.3, 0.4) is 0 Å². The lowest BCUT2D eigenvalue weighted by Gasteiger charge is -2.20. The molecule has 0 radical (unpaired) electrons. The second-order valence-corrected chi connectivity index (χ2v) is 5.84. The average molecular weight is 266 g/mol. The van der Waals surface area contributed by atoms with E-state index in [9.17, 15) is 9.59 Å². The highest BCUT2D eigenvalue weighted by molar-refractivity contribution is 7.10. The van der Waals surface area contributed by atoms with Crippen LogP contribution in [0.5, 0.6) is 0 Å². The van der Waals surface area contributed by atoms with Crippen molar-refractivity contribution in [2.45, 2.75) is 45.3 Å². The molecule has 0 spiro atoms. The number of amides is 2. The van der Waals surface area contributed by atoms with E-state index in [-0.39, 0.29) is 36.4 Å². The fourth-order valence-electron chi connectivity index (χ4n) is 2.25. The lowest BCUT2D eigenvalue weighted by molar-refractivity contribution is -0.140. The van der Waals surface area contributed by atoms with Gasteiger partial charge in [0.05, 0.1) is 12.5 Å². The molecule has 4 nitrogen and oxygen atoms in total. The average Bonchev–Trinajstić information content (AvgIpc) is 2.88. The Balaban J connectivity index is 2.03. The lowest BCUT2D eigenvalue weighted by atomic mass is 10.2. The van der Waals surface area contributed by atoms with Gasteiger partial charge in [0.2, 0.25) is 11.8 Å². The summed E-state index contributed by atoms with van der Waals surface area (Å²) in [7, 11) is 0. The van der Waals surface area contributed by atoms with E-state index in [4.69, 9.17) is 0 Å². The predicted octanol–water partition coefficient (Wildman–Crippen LogP) is 1.93. The van der Waals surface area contributed by atoms with Crippen molar-refractivity contribution in [3.63, 3.8) is 0 Å². The molecule has 0 saturated carbocycles. The van der Waals surface area contributed by atoms with Gasteiger partial charge in [-0.1, -0.05) is 6.07 Å². The molecule has 98 valence electrons. The van der Waals surface area contributed by atoms with Crippen LogP contribution in [-0.2, 0) is 9.59 Å². The molecule has 0 bridgehead atoms. The first-order chi connectivity index (χ1) is 8.50. The van der Waals surface area contributed by atoms with Gasteiger partial charge in [0.25, 0.3) is 0 Å². The Morgan fingerprint density at radius 3 is 2.61 bits per heavy atom. The lowest BCUT2D eigenvalue weighted by Crippen LogP contribution is -2.42. The first-order valence-corrected chi connectivity index (χ1v) is 7.04. The first-order valence-electron chi connectivity index (χ1n) is 6.16. The summed E-state index contributed by atoms with van der Waals surface area (Å²) in [5.41, 5.74) is 0. The molecule has 1 saturated heterocycles. The van der Waals surface area contributed by atoms with E-state index in [0.717, 1.165) is 0 Å². The predicted molar refractivity (Wildman–Crippen MR) is 71.3 cm³/mol. The van der Waals surface area contributed by atoms with Crippen molar-refractivity contribution in [2.24, 2.45) is 0 Å². The van der Waals surface area contributed by atoms with Gasteiger partial charge in [-0.3, -0.25) is 19.8 Å². The Hall–Kier alpha value is -1.20. The zero-order valence-electron chi connectivity index (χ0n) is 10.8. The number of carbonyl (C=O) groups is 2. The van der Waals surface area contributed by atoms with Gasteiger partial charge in [-0.15, -0.1) is 11.3 Å². The van der Waals surface area contributed by atoms with Crippen LogP contribution < -0.4 is 5.32 Å². The summed E-state index contributed by atoms with van der Waals surface area (Å²) < 4.78 is 0. The highest BCUT2D eigenvalue weighted by atomic mass is 32.1. The van der Waals surface area contributed by atoms with E-state index in [2.05, 4.69) is 5.32 Å². The maximum atomic E-state index is 12.1. The number of nitrogens with one attached hydrogen (secondary N) is 1. The summed E-state index contributed by atoms with van der Waals surface area (Å²) in [6.45, 7) is 5.74. The smallest absolute Gasteiger partial charge is 0.247 e. The zero-order valence-corrected chi connectivity index (χ0v) is 11.7. The number of nitrogens with zero attached hydrogens (tertiary/aromatic N) is 1. The number of hydrogen-bond acceptors (Lipinski definition) is 4. The van der Waals surface area contributed by atoms with Crippen LogP contribution in [-0.4, -0.2) is 28.8 Å². The fraction of sp³-hybridized carbons (Fsp3) is 0.538. The van der Waals surface area contributed by atoms with Crippen LogP contribution in [0.25, 0.3) is 0 Å². The maximum absolute atomic E-state index is 12.1. The molecule has 1 N–H and O–H groups in total. The van der Waals surface area contributed by atoms with E-state index in [1.807, 2.05) is 38.3 Å². The number of thiophene rings is 1. The van der Waals surface area contributed by atoms with Gasteiger partial charge in [0, 0.05) is 17.0 Å². The third kappa shape index (κ3) is 2.47. The Labute approximate surface area is 111 Å². The third-order valence-corrected chi connectivity index (χ3v) is 4.18. The quantitative estimate of drug-likeness (QED) is 0.847. The van der Waals surface area contributed by atoms with Gasteiger partial charge < -0.3 is 0 Å². The summed E-state index contributed by atoms with van der Waals surface area (Å²) in [5.74, 6) is -0.177. The van der Waals surface area contributed by atoms with Crippen LogP contribution in [0.4, 0.5) is 0 Å². The summed E-state index contributed by atoms with van der Waals surface area (Å²) in [6, 6.07) is 3.68. The molecule has 2 atom stereocenters. The molecule has 2 heterocycles. The van der Waals surface area contributed by atoms with Crippen molar-refractivity contribution in [3.8, 4) is 0 Å². The number of carbonyl (C=O) groups excluding carboxylic acids is 2. The molecule has 1 fully saturated rings. The molecule has 2 unspecified atom stereocenters. The Bertz CT molecular complexity index is 442. The molecular weight excluding hydrogens is 248 g/mol. The number of likely N-dealkylation sites (tertiary alicyclic amines) is 1. The number of rotatable bonds is 4. The molecule has 5 heteroatoms. The second-order valence-electron chi connectivity index (χ2n) is 4.86. The molecule has 1 aliphatic rings. The van der Waals surface area contributed by atoms with Crippen molar-refractivity contribution in [2.75, 3.05) is 0 Å². The minimum Gasteiger partial charge on any atom is -0.298 e. The van der Waals surface area contributed by atoms with Gasteiger partial charge in [-0.25, -0.2) is 0 Å². The van der Waals surface area contributed by atoms with Crippen molar-refractivity contribution >= 4 is 23.2 Å². The van der Waals surface area contributed by atoms with Crippen molar-refractivity contribution in [3.05, 3.63) is 22.4 Å². The topological polar surface area (TPSA) is 49.4 Å². The van der Waals surface area contributed by atoms with E-state index in [1.54, 1.807) is 11.3 Å². The standard InChI is InChI=1S/C13H18N2O2S/c1-8(2)15-12(16)7-10(13(15)17)14-9(3)11-5-4-6-18-11/h4-6,8-10,14H,7H2,1-3H3. The van der Waals surface area contributed by atoms with Gasteiger partial charge in [-0.2, -0.15) is 0 Å². The van der Waals surface area contributed by atoms with Gasteiger partial charge >= 0.3 is 0 Å². The molecule has 2 rings (SSSR count). The third-order valence-electron chi connectivity index (χ3n) is 3.12. The van der Waals surface area contributed by atoms with E-state index >= 15 is 0 Å². The largest absolute Gasteiger partial charge is 0.298 e. The van der Waals surface area contributed by atoms with E-state index in [0.29, 0.717) is 0 Å². The summed E-state index contributed by atoms with van der Waals surface area (Å²) in [6.07, 6.45) is 0.271. The van der Waals surface area contributed by atoms with E-state index < -0.39 is 0 Å². The normalized spacial score (nSPS) is 22.0. The molecule has 0 aromatic carbocycles. The second kappa shape index (κ2) is 5.20. The van der Waals surface area contributed by atoms with Gasteiger partial charge in [0.1, 0.15) is 0 Å². The van der Waals surface area contributed by atoms with Crippen molar-refractivity contribution in [1.29, 1.82) is 0 Å². The van der Waals surface area contributed by atoms with Crippen LogP contribution in [0, 0.1) is 0 Å². The highest BCUT2D eigenvalue weighted by Gasteiger charge is 2.40. The SMILES string of the molecule is CC(NC1CC(=O)N(C(C)C)C1=O)c1cccs1. The van der Waals surface area contributed by atoms with Crippen molar-refractivity contribution < 1.29 is 9.59 Å². The van der Waals surface area contributed by atoms with Gasteiger partial charge in [0.15, 0.2) is 0 Å². The molecule has 18 heavy (non-hydrogen) atoms.